The fraction of sp³-hybridized carbons (Fsp3) is 0.409. The van der Waals surface area contributed by atoms with Crippen LogP contribution in [0.2, 0.25) is 0 Å². The normalized spacial score (nSPS) is 15.9. The Balaban J connectivity index is 1.66. The molecule has 0 aromatic heterocycles. The van der Waals surface area contributed by atoms with Gasteiger partial charge in [-0.3, -0.25) is 14.9 Å². The Hall–Kier alpha value is -2.89. The van der Waals surface area contributed by atoms with Crippen molar-refractivity contribution in [1.82, 2.24) is 5.32 Å². The summed E-state index contributed by atoms with van der Waals surface area (Å²) >= 11 is 0. The molecule has 6 nitrogen and oxygen atoms in total. The Morgan fingerprint density at radius 3 is 2.43 bits per heavy atom. The van der Waals surface area contributed by atoms with E-state index in [9.17, 15) is 14.9 Å². The summed E-state index contributed by atoms with van der Waals surface area (Å²) < 4.78 is 0. The lowest BCUT2D eigenvalue weighted by Crippen LogP contribution is -2.32. The number of nitrogens with zero attached hydrogens (tertiary/aromatic N) is 2. The lowest BCUT2D eigenvalue weighted by Gasteiger charge is -2.32. The molecule has 2 aromatic rings. The van der Waals surface area contributed by atoms with Gasteiger partial charge >= 0.3 is 0 Å². The molecule has 1 aliphatic heterocycles. The summed E-state index contributed by atoms with van der Waals surface area (Å²) in [7, 11) is 0. The number of nitrogens with one attached hydrogen (secondary N) is 1. The predicted molar refractivity (Wildman–Crippen MR) is 111 cm³/mol. The first-order valence-electron chi connectivity index (χ1n) is 9.76. The highest BCUT2D eigenvalue weighted by atomic mass is 16.6. The fourth-order valence-electron chi connectivity index (χ4n) is 3.55. The van der Waals surface area contributed by atoms with E-state index in [0.29, 0.717) is 11.1 Å². The van der Waals surface area contributed by atoms with E-state index in [1.807, 2.05) is 19.1 Å². The molecule has 0 spiro atoms. The standard InChI is InChI=1S/C22H27N3O3/c1-15-10-12-24(13-11-15)20-8-6-18(7-9-20)17(3)23-22(26)19-5-4-16(2)21(14-19)25(27)28/h4-9,14-15,17H,10-13H2,1-3H3,(H,23,26)/t17-/m1/s1. The van der Waals surface area contributed by atoms with Crippen LogP contribution < -0.4 is 10.2 Å². The smallest absolute Gasteiger partial charge is 0.273 e. The van der Waals surface area contributed by atoms with Gasteiger partial charge in [-0.1, -0.05) is 25.1 Å². The average molecular weight is 381 g/mol. The summed E-state index contributed by atoms with van der Waals surface area (Å²) in [5.41, 5.74) is 3.01. The molecule has 1 aliphatic rings. The molecular weight excluding hydrogens is 354 g/mol. The molecule has 0 unspecified atom stereocenters. The summed E-state index contributed by atoms with van der Waals surface area (Å²) in [5.74, 6) is 0.480. The molecule has 1 amide bonds. The van der Waals surface area contributed by atoms with E-state index in [2.05, 4.69) is 29.3 Å². The van der Waals surface area contributed by atoms with Crippen LogP contribution in [-0.2, 0) is 0 Å². The lowest BCUT2D eigenvalue weighted by molar-refractivity contribution is -0.385. The maximum atomic E-state index is 12.5. The lowest BCUT2D eigenvalue weighted by atomic mass is 9.98. The van der Waals surface area contributed by atoms with Crippen molar-refractivity contribution in [3.8, 4) is 0 Å². The molecule has 148 valence electrons. The molecule has 0 radical (unpaired) electrons. The van der Waals surface area contributed by atoms with Gasteiger partial charge in [0.1, 0.15) is 0 Å². The molecule has 0 aliphatic carbocycles. The quantitative estimate of drug-likeness (QED) is 0.605. The van der Waals surface area contributed by atoms with Gasteiger partial charge in [-0.2, -0.15) is 0 Å². The second-order valence-electron chi connectivity index (χ2n) is 7.71. The Morgan fingerprint density at radius 2 is 1.82 bits per heavy atom. The first kappa shape index (κ1) is 19.9. The van der Waals surface area contributed by atoms with Gasteiger partial charge in [0.2, 0.25) is 0 Å². The van der Waals surface area contributed by atoms with Gasteiger partial charge < -0.3 is 10.2 Å². The Labute approximate surface area is 165 Å². The topological polar surface area (TPSA) is 75.5 Å². The first-order chi connectivity index (χ1) is 13.3. The molecule has 0 saturated carbocycles. The number of anilines is 1. The Bertz CT molecular complexity index is 856. The summed E-state index contributed by atoms with van der Waals surface area (Å²) in [5, 5.41) is 14.0. The van der Waals surface area contributed by atoms with Crippen molar-refractivity contribution in [2.75, 3.05) is 18.0 Å². The monoisotopic (exact) mass is 381 g/mol. The van der Waals surface area contributed by atoms with Crippen LogP contribution in [-0.4, -0.2) is 23.9 Å². The third kappa shape index (κ3) is 4.50. The summed E-state index contributed by atoms with van der Waals surface area (Å²) in [6, 6.07) is 12.6. The van der Waals surface area contributed by atoms with Gasteiger partial charge in [-0.25, -0.2) is 0 Å². The van der Waals surface area contributed by atoms with Crippen LogP contribution in [0.25, 0.3) is 0 Å². The van der Waals surface area contributed by atoms with Crippen molar-refractivity contribution in [2.45, 2.75) is 39.7 Å². The number of nitro groups is 1. The minimum Gasteiger partial charge on any atom is -0.372 e. The molecule has 1 saturated heterocycles. The number of piperidine rings is 1. The van der Waals surface area contributed by atoms with Gasteiger partial charge in [-0.15, -0.1) is 0 Å². The molecule has 0 bridgehead atoms. The molecular formula is C22H27N3O3. The number of benzene rings is 2. The van der Waals surface area contributed by atoms with Crippen molar-refractivity contribution in [3.05, 3.63) is 69.3 Å². The zero-order valence-corrected chi connectivity index (χ0v) is 16.6. The Kier molecular flexibility index (Phi) is 5.97. The number of hydrogen-bond donors (Lipinski definition) is 1. The Morgan fingerprint density at radius 1 is 1.18 bits per heavy atom. The number of carbonyl (C=O) groups excluding carboxylic acids is 1. The van der Waals surface area contributed by atoms with Crippen LogP contribution >= 0.6 is 0 Å². The zero-order valence-electron chi connectivity index (χ0n) is 16.6. The second-order valence-corrected chi connectivity index (χ2v) is 7.71. The van der Waals surface area contributed by atoms with E-state index in [1.54, 1.807) is 19.1 Å². The van der Waals surface area contributed by atoms with Crippen LogP contribution in [0, 0.1) is 23.0 Å². The molecule has 1 fully saturated rings. The SMILES string of the molecule is Cc1ccc(C(=O)N[C@H](C)c2ccc(N3CCC(C)CC3)cc2)cc1[N+](=O)[O-]. The van der Waals surface area contributed by atoms with Crippen molar-refractivity contribution in [3.63, 3.8) is 0 Å². The molecule has 6 heteroatoms. The van der Waals surface area contributed by atoms with Gasteiger partial charge in [0.15, 0.2) is 0 Å². The van der Waals surface area contributed by atoms with Gasteiger partial charge in [0, 0.05) is 36.0 Å². The van der Waals surface area contributed by atoms with Crippen LogP contribution in [0.5, 0.6) is 0 Å². The molecule has 2 aromatic carbocycles. The molecule has 3 rings (SSSR count). The molecule has 1 atom stereocenters. The third-order valence-corrected chi connectivity index (χ3v) is 5.56. The third-order valence-electron chi connectivity index (χ3n) is 5.56. The van der Waals surface area contributed by atoms with Crippen LogP contribution in [0.1, 0.15) is 54.2 Å². The van der Waals surface area contributed by atoms with Crippen LogP contribution in [0.3, 0.4) is 0 Å². The van der Waals surface area contributed by atoms with E-state index in [0.717, 1.165) is 24.6 Å². The van der Waals surface area contributed by atoms with Gasteiger partial charge in [0.25, 0.3) is 11.6 Å². The van der Waals surface area contributed by atoms with Gasteiger partial charge in [-0.05, 0) is 56.4 Å². The minimum absolute atomic E-state index is 0.0412. The first-order valence-corrected chi connectivity index (χ1v) is 9.76. The highest BCUT2D eigenvalue weighted by Crippen LogP contribution is 2.25. The zero-order chi connectivity index (χ0) is 20.3. The second kappa shape index (κ2) is 8.42. The number of hydrogen-bond acceptors (Lipinski definition) is 4. The van der Waals surface area contributed by atoms with Crippen molar-refractivity contribution in [2.24, 2.45) is 5.92 Å². The van der Waals surface area contributed by atoms with E-state index >= 15 is 0 Å². The number of carbonyl (C=O) groups is 1. The largest absolute Gasteiger partial charge is 0.372 e. The van der Waals surface area contributed by atoms with Crippen LogP contribution in [0.15, 0.2) is 42.5 Å². The average Bonchev–Trinajstić information content (AvgIpc) is 2.68. The minimum atomic E-state index is -0.463. The van der Waals surface area contributed by atoms with Gasteiger partial charge in [0.05, 0.1) is 11.0 Å². The maximum absolute atomic E-state index is 12.5. The summed E-state index contributed by atoms with van der Waals surface area (Å²) in [4.78, 5) is 25.5. The van der Waals surface area contributed by atoms with Crippen LogP contribution in [0.4, 0.5) is 11.4 Å². The summed E-state index contributed by atoms with van der Waals surface area (Å²) in [6.07, 6.45) is 2.44. The number of amides is 1. The molecule has 1 N–H and O–H groups in total. The van der Waals surface area contributed by atoms with E-state index in [-0.39, 0.29) is 17.6 Å². The number of aryl methyl sites for hydroxylation is 1. The number of nitro benzene ring substituents is 1. The van der Waals surface area contributed by atoms with Crippen molar-refractivity contribution >= 4 is 17.3 Å². The van der Waals surface area contributed by atoms with E-state index in [4.69, 9.17) is 0 Å². The summed E-state index contributed by atoms with van der Waals surface area (Å²) in [6.45, 7) is 8.04. The maximum Gasteiger partial charge on any atom is 0.273 e. The predicted octanol–water partition coefficient (Wildman–Crippen LogP) is 4.63. The highest BCUT2D eigenvalue weighted by Gasteiger charge is 2.18. The highest BCUT2D eigenvalue weighted by molar-refractivity contribution is 5.95. The van der Waals surface area contributed by atoms with E-state index < -0.39 is 4.92 Å². The van der Waals surface area contributed by atoms with Crippen molar-refractivity contribution < 1.29 is 9.72 Å². The molecule has 1 heterocycles. The molecule has 28 heavy (non-hydrogen) atoms. The number of rotatable bonds is 5. The van der Waals surface area contributed by atoms with Crippen molar-refractivity contribution in [1.29, 1.82) is 0 Å². The fourth-order valence-corrected chi connectivity index (χ4v) is 3.55. The van der Waals surface area contributed by atoms with E-state index in [1.165, 1.54) is 24.6 Å².